The zero-order chi connectivity index (χ0) is 20.6. The molecule has 0 amide bonds. The fourth-order valence-electron chi connectivity index (χ4n) is 3.48. The standard InChI is InChI=1S/C21H21ClN2O4S/c1-14-12-24(13-15(2)27-14)21-20(29(25,26)16-8-4-3-5-9-16)23-19(28-21)17-10-6-7-11-18(17)22/h3-11,14-15H,12-13H2,1-2H3/t14-,15-/m0/s1. The van der Waals surface area contributed by atoms with Crippen LogP contribution in [-0.2, 0) is 14.6 Å². The van der Waals surface area contributed by atoms with Gasteiger partial charge in [-0.25, -0.2) is 8.42 Å². The quantitative estimate of drug-likeness (QED) is 0.606. The van der Waals surface area contributed by atoms with Crippen LogP contribution in [0.4, 0.5) is 5.88 Å². The lowest BCUT2D eigenvalue weighted by Crippen LogP contribution is -2.45. The Balaban J connectivity index is 1.88. The molecule has 4 rings (SSSR count). The third kappa shape index (κ3) is 3.90. The third-order valence-corrected chi connectivity index (χ3v) is 6.70. The van der Waals surface area contributed by atoms with Gasteiger partial charge in [-0.05, 0) is 38.1 Å². The number of rotatable bonds is 4. The molecule has 0 radical (unpaired) electrons. The predicted octanol–water partition coefficient (Wildman–Crippen LogP) is 4.44. The molecule has 1 saturated heterocycles. The molecule has 0 unspecified atom stereocenters. The predicted molar refractivity (Wildman–Crippen MR) is 111 cm³/mol. The molecule has 6 nitrogen and oxygen atoms in total. The topological polar surface area (TPSA) is 72.6 Å². The van der Waals surface area contributed by atoms with Gasteiger partial charge in [-0.2, -0.15) is 4.98 Å². The van der Waals surface area contributed by atoms with E-state index < -0.39 is 9.84 Å². The molecule has 2 atom stereocenters. The normalized spacial score (nSPS) is 20.0. The first-order chi connectivity index (χ1) is 13.9. The number of oxazole rings is 1. The summed E-state index contributed by atoms with van der Waals surface area (Å²) in [5.41, 5.74) is 0.541. The van der Waals surface area contributed by atoms with Crippen LogP contribution in [0.5, 0.6) is 0 Å². The van der Waals surface area contributed by atoms with E-state index in [1.54, 1.807) is 54.6 Å². The second-order valence-corrected chi connectivity index (χ2v) is 9.36. The van der Waals surface area contributed by atoms with Crippen molar-refractivity contribution in [3.8, 4) is 11.5 Å². The van der Waals surface area contributed by atoms with Gasteiger partial charge in [-0.15, -0.1) is 0 Å². The van der Waals surface area contributed by atoms with Gasteiger partial charge in [0.2, 0.25) is 26.6 Å². The largest absolute Gasteiger partial charge is 0.419 e. The summed E-state index contributed by atoms with van der Waals surface area (Å²) in [6.45, 7) is 4.89. The number of anilines is 1. The summed E-state index contributed by atoms with van der Waals surface area (Å²) in [4.78, 5) is 6.43. The summed E-state index contributed by atoms with van der Waals surface area (Å²) < 4.78 is 38.6. The number of sulfone groups is 1. The first kappa shape index (κ1) is 19.9. The van der Waals surface area contributed by atoms with Crippen LogP contribution in [0.2, 0.25) is 5.02 Å². The van der Waals surface area contributed by atoms with Crippen molar-refractivity contribution in [3.63, 3.8) is 0 Å². The van der Waals surface area contributed by atoms with Crippen molar-refractivity contribution in [1.29, 1.82) is 0 Å². The molecule has 1 fully saturated rings. The van der Waals surface area contributed by atoms with Crippen LogP contribution in [0.3, 0.4) is 0 Å². The minimum atomic E-state index is -3.88. The van der Waals surface area contributed by atoms with E-state index in [9.17, 15) is 8.42 Å². The zero-order valence-electron chi connectivity index (χ0n) is 16.1. The Morgan fingerprint density at radius 3 is 2.28 bits per heavy atom. The number of hydrogen-bond donors (Lipinski definition) is 0. The van der Waals surface area contributed by atoms with Crippen LogP contribution in [-0.4, -0.2) is 38.7 Å². The number of halogens is 1. The van der Waals surface area contributed by atoms with Crippen molar-refractivity contribution < 1.29 is 17.6 Å². The molecule has 0 aliphatic carbocycles. The van der Waals surface area contributed by atoms with Gasteiger partial charge in [0.15, 0.2) is 0 Å². The van der Waals surface area contributed by atoms with Crippen molar-refractivity contribution >= 4 is 27.3 Å². The summed E-state index contributed by atoms with van der Waals surface area (Å²) in [5.74, 6) is 0.387. The first-order valence-corrected chi connectivity index (χ1v) is 11.2. The Bertz CT molecular complexity index is 1100. The second-order valence-electron chi connectivity index (χ2n) is 7.09. The number of ether oxygens (including phenoxy) is 1. The van der Waals surface area contributed by atoms with Crippen molar-refractivity contribution in [2.75, 3.05) is 18.0 Å². The van der Waals surface area contributed by atoms with Gasteiger partial charge >= 0.3 is 0 Å². The third-order valence-electron chi connectivity index (χ3n) is 4.70. The summed E-state index contributed by atoms with van der Waals surface area (Å²) in [5, 5.41) is 0.326. The minimum Gasteiger partial charge on any atom is -0.419 e. The Kier molecular flexibility index (Phi) is 5.38. The molecular formula is C21H21ClN2O4S. The molecule has 2 aromatic carbocycles. The van der Waals surface area contributed by atoms with E-state index in [1.807, 2.05) is 18.7 Å². The molecule has 8 heteroatoms. The number of morpholine rings is 1. The van der Waals surface area contributed by atoms with Crippen molar-refractivity contribution in [2.45, 2.75) is 36.0 Å². The molecule has 3 aromatic rings. The molecule has 0 spiro atoms. The lowest BCUT2D eigenvalue weighted by molar-refractivity contribution is -0.00657. The molecule has 0 saturated carbocycles. The molecule has 1 aliphatic rings. The summed E-state index contributed by atoms with van der Waals surface area (Å²) in [7, 11) is -3.88. The maximum Gasteiger partial charge on any atom is 0.236 e. The highest BCUT2D eigenvalue weighted by Gasteiger charge is 2.34. The fraction of sp³-hybridized carbons (Fsp3) is 0.286. The van der Waals surface area contributed by atoms with Gasteiger partial charge in [-0.3, -0.25) is 0 Å². The van der Waals surface area contributed by atoms with Gasteiger partial charge < -0.3 is 14.1 Å². The van der Waals surface area contributed by atoms with Gasteiger partial charge in [-0.1, -0.05) is 41.9 Å². The highest BCUT2D eigenvalue weighted by atomic mass is 35.5. The average Bonchev–Trinajstić information content (AvgIpc) is 3.14. The lowest BCUT2D eigenvalue weighted by atomic mass is 10.2. The first-order valence-electron chi connectivity index (χ1n) is 9.32. The van der Waals surface area contributed by atoms with Gasteiger partial charge in [0.05, 0.1) is 27.7 Å². The minimum absolute atomic E-state index is 0.0695. The second kappa shape index (κ2) is 7.82. The van der Waals surface area contributed by atoms with Crippen LogP contribution in [0, 0.1) is 0 Å². The monoisotopic (exact) mass is 432 g/mol. The molecule has 0 N–H and O–H groups in total. The van der Waals surface area contributed by atoms with Gasteiger partial charge in [0, 0.05) is 13.1 Å². The van der Waals surface area contributed by atoms with E-state index in [0.29, 0.717) is 23.7 Å². The lowest BCUT2D eigenvalue weighted by Gasteiger charge is -2.35. The van der Waals surface area contributed by atoms with E-state index in [2.05, 4.69) is 4.98 Å². The Morgan fingerprint density at radius 1 is 1.00 bits per heavy atom. The number of benzene rings is 2. The number of nitrogens with zero attached hydrogens (tertiary/aromatic N) is 2. The maximum absolute atomic E-state index is 13.4. The smallest absolute Gasteiger partial charge is 0.236 e. The van der Waals surface area contributed by atoms with E-state index >= 15 is 0 Å². The van der Waals surface area contributed by atoms with Crippen LogP contribution >= 0.6 is 11.6 Å². The molecule has 2 heterocycles. The number of hydrogen-bond acceptors (Lipinski definition) is 6. The summed E-state index contributed by atoms with van der Waals surface area (Å²) in [6.07, 6.45) is -0.139. The van der Waals surface area contributed by atoms with E-state index in [0.717, 1.165) is 0 Å². The SMILES string of the molecule is C[C@H]1CN(c2oc(-c3ccccc3Cl)nc2S(=O)(=O)c2ccccc2)C[C@H](C)O1. The van der Waals surface area contributed by atoms with Crippen LogP contribution in [0.25, 0.3) is 11.5 Å². The van der Waals surface area contributed by atoms with Crippen molar-refractivity contribution in [1.82, 2.24) is 4.98 Å². The highest BCUT2D eigenvalue weighted by molar-refractivity contribution is 7.91. The van der Waals surface area contributed by atoms with Gasteiger partial charge in [0.1, 0.15) is 0 Å². The molecule has 1 aromatic heterocycles. The van der Waals surface area contributed by atoms with E-state index in [1.165, 1.54) is 0 Å². The van der Waals surface area contributed by atoms with Crippen LogP contribution in [0.1, 0.15) is 13.8 Å². The molecule has 29 heavy (non-hydrogen) atoms. The molecule has 152 valence electrons. The summed E-state index contributed by atoms with van der Waals surface area (Å²) in [6, 6.07) is 15.3. The Morgan fingerprint density at radius 2 is 1.62 bits per heavy atom. The van der Waals surface area contributed by atoms with Crippen molar-refractivity contribution in [2.24, 2.45) is 0 Å². The molecular weight excluding hydrogens is 412 g/mol. The summed E-state index contributed by atoms with van der Waals surface area (Å²) >= 11 is 6.30. The van der Waals surface area contributed by atoms with Crippen LogP contribution < -0.4 is 4.90 Å². The van der Waals surface area contributed by atoms with E-state index in [4.69, 9.17) is 20.8 Å². The maximum atomic E-state index is 13.4. The highest BCUT2D eigenvalue weighted by Crippen LogP contribution is 2.37. The van der Waals surface area contributed by atoms with Gasteiger partial charge in [0.25, 0.3) is 0 Å². The Hall–Kier alpha value is -2.35. The molecule has 0 bridgehead atoms. The number of aromatic nitrogens is 1. The fourth-order valence-corrected chi connectivity index (χ4v) is 5.04. The van der Waals surface area contributed by atoms with Crippen LogP contribution in [0.15, 0.2) is 68.9 Å². The zero-order valence-corrected chi connectivity index (χ0v) is 17.7. The Labute approximate surface area is 175 Å². The van der Waals surface area contributed by atoms with Crippen molar-refractivity contribution in [3.05, 3.63) is 59.6 Å². The molecule has 1 aliphatic heterocycles. The van der Waals surface area contributed by atoms with E-state index in [-0.39, 0.29) is 33.9 Å². The average molecular weight is 433 g/mol.